The second kappa shape index (κ2) is 32.1. The van der Waals surface area contributed by atoms with E-state index < -0.39 is 0 Å². The molecule has 15 rings (SSSR count). The normalized spacial score (nSPS) is 10.2. The predicted molar refractivity (Wildman–Crippen MR) is 313 cm³/mol. The van der Waals surface area contributed by atoms with Crippen molar-refractivity contribution in [2.24, 2.45) is 0 Å². The van der Waals surface area contributed by atoms with Gasteiger partial charge in [0.2, 0.25) is 6.29 Å². The second-order valence-corrected chi connectivity index (χ2v) is 18.0. The smallest absolute Gasteiger partial charge is 0.265 e. The van der Waals surface area contributed by atoms with Gasteiger partial charge in [-0.2, -0.15) is 15.3 Å². The Morgan fingerprint density at radius 2 is 0.600 bits per heavy atom. The molecule has 0 aliphatic heterocycles. The quantitative estimate of drug-likeness (QED) is 0.0326. The molecule has 1 radical (unpaired) electrons. The van der Waals surface area contributed by atoms with Gasteiger partial charge in [0.25, 0.3) is 0 Å². The van der Waals surface area contributed by atoms with Crippen molar-refractivity contribution in [2.45, 2.75) is 38.4 Å². The maximum absolute atomic E-state index is 7.50. The third-order valence-corrected chi connectivity index (χ3v) is 13.1. The minimum atomic E-state index is -0.194. The van der Waals surface area contributed by atoms with Crippen LogP contribution in [0.5, 0.6) is 0 Å². The molecular weight excluding hydrogens is 1330 g/mol. The van der Waals surface area contributed by atoms with E-state index in [0.29, 0.717) is 0 Å². The Kier molecular flexibility index (Phi) is 23.7. The first kappa shape index (κ1) is 62.7. The molecule has 21 heteroatoms. The van der Waals surface area contributed by atoms with Gasteiger partial charge in [0.1, 0.15) is 0 Å². The molecule has 15 aromatic rings. The van der Waals surface area contributed by atoms with Gasteiger partial charge in [0, 0.05) is 129 Å². The number of hydrogen-bond donors (Lipinski definition) is 0. The zero-order valence-electron chi connectivity index (χ0n) is 45.1. The summed E-state index contributed by atoms with van der Waals surface area (Å²) in [4.78, 5) is 45.4. The van der Waals surface area contributed by atoms with Crippen molar-refractivity contribution in [3.05, 3.63) is 257 Å². The van der Waals surface area contributed by atoms with E-state index in [2.05, 4.69) is 89.4 Å². The van der Waals surface area contributed by atoms with Gasteiger partial charge in [0.05, 0.1) is 66.2 Å². The molecule has 85 heavy (non-hydrogen) atoms. The van der Waals surface area contributed by atoms with Gasteiger partial charge in [-0.3, -0.25) is 29.9 Å². The summed E-state index contributed by atoms with van der Waals surface area (Å²) in [6.45, 7) is 13.5. The molecule has 0 unspecified atom stereocenters. The number of nitrogens with zero attached hydrogens (tertiary/aromatic N) is 16. The van der Waals surface area contributed by atoms with E-state index in [-0.39, 0.29) is 46.2 Å². The summed E-state index contributed by atoms with van der Waals surface area (Å²) in [7, 11) is 0. The van der Waals surface area contributed by atoms with Gasteiger partial charge in [-0.1, -0.05) is 30.7 Å². The minimum Gasteiger partial charge on any atom is -0.265 e. The first-order chi connectivity index (χ1) is 41.2. The van der Waals surface area contributed by atoms with Gasteiger partial charge in [-0.05, 0) is 152 Å². The van der Waals surface area contributed by atoms with Crippen LogP contribution in [-0.2, 0) is 66.7 Å². The van der Waals surface area contributed by atoms with Crippen molar-refractivity contribution >= 4 is 87.7 Å². The molecule has 0 N–H and O–H groups in total. The molecule has 4 aromatic carbocycles. The SMILES string of the molecule is [C-]#[O+].[C-]#[O+].[C-]#[O+].[Re].[Ru+2].c1cc(CCCCCc2ccncc2)ccn1.c1ccc2nc3c4cccnc4c4ncccc4c3nc2c1.c1ccc2nc3c4cccnc4c4ncccc4c3nc2c1.c1cnn(C(n2cccn2)n2cccn2)c1. The summed E-state index contributed by atoms with van der Waals surface area (Å²) in [6.07, 6.45) is 31.4. The van der Waals surface area contributed by atoms with Crippen molar-refractivity contribution in [3.8, 4) is 0 Å². The average Bonchev–Trinajstić information content (AvgIpc) is 2.52. The van der Waals surface area contributed by atoms with Crippen molar-refractivity contribution in [1.82, 2.24) is 79.2 Å². The fourth-order valence-electron chi connectivity index (χ4n) is 9.44. The summed E-state index contributed by atoms with van der Waals surface area (Å²) in [6, 6.07) is 45.7. The average molecular weight is 1380 g/mol. The largest absolute Gasteiger partial charge is 2.00 e. The number of para-hydroxylation sites is 4. The van der Waals surface area contributed by atoms with E-state index in [0.717, 1.165) is 87.7 Å². The number of unbranched alkanes of at least 4 members (excludes halogenated alkanes) is 2. The fourth-order valence-corrected chi connectivity index (χ4v) is 9.44. The van der Waals surface area contributed by atoms with E-state index in [1.807, 2.05) is 159 Å². The molecule has 0 saturated carbocycles. The maximum atomic E-state index is 7.50. The molecule has 11 heterocycles. The zero-order chi connectivity index (χ0) is 57.6. The summed E-state index contributed by atoms with van der Waals surface area (Å²) >= 11 is 0. The van der Waals surface area contributed by atoms with Gasteiger partial charge >= 0.3 is 53.4 Å². The molecule has 11 aromatic heterocycles. The van der Waals surface area contributed by atoms with E-state index in [1.54, 1.807) is 57.4 Å². The molecule has 0 spiro atoms. The summed E-state index contributed by atoms with van der Waals surface area (Å²) in [5, 5.41) is 16.6. The Morgan fingerprint density at radius 1 is 0.318 bits per heavy atom. The first-order valence-corrected chi connectivity index (χ1v) is 26.0. The van der Waals surface area contributed by atoms with E-state index in [4.69, 9.17) is 33.9 Å². The topological polar surface area (TPSA) is 242 Å². The Morgan fingerprint density at radius 3 is 0.859 bits per heavy atom. The fraction of sp³-hybridized carbons (Fsp3) is 0.0938. The van der Waals surface area contributed by atoms with Gasteiger partial charge in [0.15, 0.2) is 0 Å². The maximum Gasteiger partial charge on any atom is 2.00 e. The number of hydrogen-bond acceptors (Lipinski definition) is 13. The summed E-state index contributed by atoms with van der Waals surface area (Å²) in [5.41, 5.74) is 13.3. The van der Waals surface area contributed by atoms with Crippen LogP contribution in [0.2, 0.25) is 0 Å². The van der Waals surface area contributed by atoms with Gasteiger partial charge < -0.3 is 0 Å². The van der Waals surface area contributed by atoms with Crippen LogP contribution in [0.4, 0.5) is 0 Å². The van der Waals surface area contributed by atoms with E-state index in [9.17, 15) is 0 Å². The number of rotatable bonds is 9. The van der Waals surface area contributed by atoms with Crippen molar-refractivity contribution in [2.75, 3.05) is 0 Å². The summed E-state index contributed by atoms with van der Waals surface area (Å²) in [5.74, 6) is 0. The molecule has 0 fully saturated rings. The van der Waals surface area contributed by atoms with Crippen LogP contribution in [0, 0.1) is 20.0 Å². The van der Waals surface area contributed by atoms with Crippen LogP contribution in [0.1, 0.15) is 36.7 Å². The molecule has 0 atom stereocenters. The molecule has 0 aliphatic rings. The van der Waals surface area contributed by atoms with Crippen LogP contribution >= 0.6 is 0 Å². The Bertz CT molecular complexity index is 4060. The van der Waals surface area contributed by atoms with Gasteiger partial charge in [-0.25, -0.2) is 34.0 Å². The number of benzene rings is 4. The third kappa shape index (κ3) is 14.9. The molecular formula is C64H48N16O3ReRu+2. The summed E-state index contributed by atoms with van der Waals surface area (Å²) < 4.78 is 27.9. The standard InChI is InChI=1S/2C18H10N4.C15H18N2.C10H10N6.3CO.Re.Ru/c2*1-2-8-14-13(7-1)21-17-11-5-3-9-19-15(11)16-12(18(17)22-14)6-4-10-20-16;1(2-4-14-6-10-16-11-7-14)3-5-15-8-12-17-13-9-15;1-4-11-14(7-1)10(15-8-2-5-12-15)16-9-3-6-13-16;3*1-2;;/h2*1-10H;6-13H,1-5H2;1-10H;;;;;/q;;;;;;;;+2. The third-order valence-electron chi connectivity index (χ3n) is 13.1. The molecule has 0 bridgehead atoms. The van der Waals surface area contributed by atoms with Crippen molar-refractivity contribution in [1.29, 1.82) is 0 Å². The molecule has 415 valence electrons. The minimum absolute atomic E-state index is 0. The molecule has 0 amide bonds. The Hall–Kier alpha value is -9.84. The number of aromatic nitrogens is 16. The molecule has 0 aliphatic carbocycles. The van der Waals surface area contributed by atoms with Crippen LogP contribution < -0.4 is 0 Å². The number of fused-ring (bicyclic) bond motifs is 14. The van der Waals surface area contributed by atoms with Gasteiger partial charge in [-0.15, -0.1) is 0 Å². The molecule has 19 nitrogen and oxygen atoms in total. The number of aryl methyl sites for hydroxylation is 2. The first-order valence-electron chi connectivity index (χ1n) is 26.0. The van der Waals surface area contributed by atoms with E-state index >= 15 is 0 Å². The molecule has 0 saturated heterocycles. The van der Waals surface area contributed by atoms with Crippen LogP contribution in [0.15, 0.2) is 226 Å². The predicted octanol–water partition coefficient (Wildman–Crippen LogP) is 11.9. The number of pyridine rings is 6. The zero-order valence-corrected chi connectivity index (χ0v) is 49.5. The Balaban J connectivity index is 0.000000158. The Labute approximate surface area is 513 Å². The second-order valence-electron chi connectivity index (χ2n) is 18.0. The van der Waals surface area contributed by atoms with Crippen molar-refractivity contribution in [3.63, 3.8) is 0 Å². The van der Waals surface area contributed by atoms with Crippen LogP contribution in [-0.4, -0.2) is 79.2 Å². The van der Waals surface area contributed by atoms with E-state index in [1.165, 1.54) is 43.2 Å². The van der Waals surface area contributed by atoms with Crippen LogP contribution in [0.3, 0.4) is 0 Å². The van der Waals surface area contributed by atoms with Crippen molar-refractivity contribution < 1.29 is 53.9 Å². The van der Waals surface area contributed by atoms with Crippen LogP contribution in [0.25, 0.3) is 87.7 Å². The monoisotopic (exact) mass is 1380 g/mol.